The maximum Gasteiger partial charge on any atom is 0.472 e. The van der Waals surface area contributed by atoms with Crippen molar-refractivity contribution in [2.75, 3.05) is 47.5 Å². The predicted octanol–water partition coefficient (Wildman–Crippen LogP) is 30.6. The SMILES string of the molecule is CC/C=C\C/C=C\C/C=C\C/C=C\CCCCCCCCCCCCCCCCCCCCCCCCCCCCCCC(=O)OC(COC(=O)CCCCCCCCCCCCCCCCCCCCCCCCCCCCCCCCCCCCCCC)COP(=O)(O)OCC[N+](C)(C)C. The minimum Gasteiger partial charge on any atom is -0.462 e. The van der Waals surface area contributed by atoms with E-state index in [2.05, 4.69) is 62.5 Å². The van der Waals surface area contributed by atoms with Crippen LogP contribution in [-0.4, -0.2) is 74.9 Å². The molecule has 2 atom stereocenters. The number of allylic oxidation sites excluding steroid dienone is 8. The van der Waals surface area contributed by atoms with Gasteiger partial charge in [-0.25, -0.2) is 4.57 Å². The van der Waals surface area contributed by atoms with Crippen LogP contribution >= 0.6 is 7.82 Å². The van der Waals surface area contributed by atoms with Crippen molar-refractivity contribution in [3.05, 3.63) is 48.6 Å². The maximum atomic E-state index is 13.0. The van der Waals surface area contributed by atoms with Gasteiger partial charge in [-0.2, -0.15) is 0 Å². The number of nitrogens with zero attached hydrogens (tertiary/aromatic N) is 1. The lowest BCUT2D eigenvalue weighted by atomic mass is 10.0. The Bertz CT molecular complexity index is 1860. The average Bonchev–Trinajstić information content (AvgIpc) is 0.916. The topological polar surface area (TPSA) is 108 Å². The summed E-state index contributed by atoms with van der Waals surface area (Å²) in [6, 6.07) is 0. The van der Waals surface area contributed by atoms with Gasteiger partial charge in [-0.15, -0.1) is 0 Å². The number of esters is 2. The number of hydrogen-bond acceptors (Lipinski definition) is 7. The molecular weight excluding hydrogens is 1280 g/mol. The van der Waals surface area contributed by atoms with E-state index in [1.165, 1.54) is 385 Å². The van der Waals surface area contributed by atoms with E-state index in [4.69, 9.17) is 18.5 Å². The summed E-state index contributed by atoms with van der Waals surface area (Å²) in [5.74, 6) is -0.766. The number of phosphoric ester groups is 1. The van der Waals surface area contributed by atoms with Gasteiger partial charge in [0.15, 0.2) is 6.10 Å². The molecule has 0 saturated carbocycles. The number of likely N-dealkylation sites (N-methyl/N-ethyl adjacent to an activating group) is 1. The van der Waals surface area contributed by atoms with E-state index in [9.17, 15) is 19.0 Å². The van der Waals surface area contributed by atoms with Crippen LogP contribution in [0.4, 0.5) is 0 Å². The van der Waals surface area contributed by atoms with Crippen LogP contribution < -0.4 is 0 Å². The summed E-state index contributed by atoms with van der Waals surface area (Å²) in [6.45, 7) is 4.42. The molecule has 102 heavy (non-hydrogen) atoms. The fourth-order valence-corrected chi connectivity index (χ4v) is 14.8. The molecule has 0 spiro atoms. The first-order chi connectivity index (χ1) is 50.0. The lowest BCUT2D eigenvalue weighted by Gasteiger charge is -2.24. The highest BCUT2D eigenvalue weighted by molar-refractivity contribution is 7.47. The molecule has 0 aliphatic carbocycles. The van der Waals surface area contributed by atoms with E-state index in [0.717, 1.165) is 64.2 Å². The Morgan fingerprint density at radius 2 is 0.559 bits per heavy atom. The fourth-order valence-electron chi connectivity index (χ4n) is 14.0. The molecule has 0 saturated heterocycles. The van der Waals surface area contributed by atoms with Gasteiger partial charge in [-0.05, 0) is 51.4 Å². The first kappa shape index (κ1) is 100.0. The molecule has 0 aromatic rings. The van der Waals surface area contributed by atoms with Crippen LogP contribution in [0.2, 0.25) is 0 Å². The molecule has 0 bridgehead atoms. The molecule has 0 aromatic heterocycles. The molecule has 2 unspecified atom stereocenters. The van der Waals surface area contributed by atoms with Crippen LogP contribution in [0, 0.1) is 0 Å². The monoisotopic (exact) mass is 1460 g/mol. The van der Waals surface area contributed by atoms with Crippen LogP contribution in [0.1, 0.15) is 476 Å². The maximum absolute atomic E-state index is 13.0. The van der Waals surface area contributed by atoms with Crippen molar-refractivity contribution in [2.24, 2.45) is 0 Å². The van der Waals surface area contributed by atoms with Gasteiger partial charge in [0.05, 0.1) is 27.7 Å². The number of hydrogen-bond donors (Lipinski definition) is 1. The number of rotatable bonds is 86. The molecule has 0 radical (unpaired) electrons. The standard InChI is InChI=1S/C92H176NO8P/c1-6-8-10-12-14-16-18-20-22-24-26-28-30-32-34-36-38-40-42-44-45-46-47-49-51-53-55-57-59-61-63-65-67-69-71-73-75-77-79-81-83-85-92(95)101-90(89-100-102(96,97)99-87-86-93(3,4)5)88-98-91(94)84-82-80-78-76-74-72-70-68-66-64-62-60-58-56-54-52-50-48-43-41-39-37-35-33-31-29-27-25-23-21-19-17-15-13-11-9-7-2/h8,10,14,16,20,22,26,28,90H,6-7,9,11-13,15,17-19,21,23-25,27,29-89H2,1-5H3/p+1/b10-8-,16-14-,22-20-,28-26-. The van der Waals surface area contributed by atoms with Crippen LogP contribution in [-0.2, 0) is 32.7 Å². The minimum atomic E-state index is -4.39. The Morgan fingerprint density at radius 3 is 0.833 bits per heavy atom. The summed E-state index contributed by atoms with van der Waals surface area (Å²) in [4.78, 5) is 36.1. The molecule has 10 heteroatoms. The Morgan fingerprint density at radius 1 is 0.314 bits per heavy atom. The van der Waals surface area contributed by atoms with Crippen molar-refractivity contribution in [1.82, 2.24) is 0 Å². The van der Waals surface area contributed by atoms with Crippen LogP contribution in [0.3, 0.4) is 0 Å². The van der Waals surface area contributed by atoms with E-state index in [-0.39, 0.29) is 25.6 Å². The first-order valence-electron chi connectivity index (χ1n) is 45.4. The Labute approximate surface area is 636 Å². The summed E-state index contributed by atoms with van der Waals surface area (Å²) >= 11 is 0. The average molecular weight is 1460 g/mol. The van der Waals surface area contributed by atoms with Crippen LogP contribution in [0.5, 0.6) is 0 Å². The second-order valence-corrected chi connectivity index (χ2v) is 33.8. The van der Waals surface area contributed by atoms with E-state index < -0.39 is 26.5 Å². The third-order valence-corrected chi connectivity index (χ3v) is 21.9. The number of unbranched alkanes of at least 4 members (excludes halogenated alkanes) is 64. The van der Waals surface area contributed by atoms with Gasteiger partial charge in [0.2, 0.25) is 0 Å². The lowest BCUT2D eigenvalue weighted by molar-refractivity contribution is -0.870. The highest BCUT2D eigenvalue weighted by Gasteiger charge is 2.27. The third-order valence-electron chi connectivity index (χ3n) is 20.9. The van der Waals surface area contributed by atoms with E-state index in [0.29, 0.717) is 17.4 Å². The van der Waals surface area contributed by atoms with Gasteiger partial charge in [0.1, 0.15) is 19.8 Å². The molecule has 602 valence electrons. The number of carbonyl (C=O) groups excluding carboxylic acids is 2. The highest BCUT2D eigenvalue weighted by atomic mass is 31.2. The van der Waals surface area contributed by atoms with Crippen molar-refractivity contribution >= 4 is 19.8 Å². The lowest BCUT2D eigenvalue weighted by Crippen LogP contribution is -2.37. The van der Waals surface area contributed by atoms with Gasteiger partial charge < -0.3 is 18.9 Å². The quantitative estimate of drug-likeness (QED) is 0.0211. The van der Waals surface area contributed by atoms with E-state index >= 15 is 0 Å². The smallest absolute Gasteiger partial charge is 0.462 e. The Hall–Kier alpha value is -2.03. The first-order valence-corrected chi connectivity index (χ1v) is 46.9. The van der Waals surface area contributed by atoms with Crippen molar-refractivity contribution in [3.8, 4) is 0 Å². The van der Waals surface area contributed by atoms with Crippen molar-refractivity contribution in [1.29, 1.82) is 0 Å². The van der Waals surface area contributed by atoms with E-state index in [1.54, 1.807) is 0 Å². The zero-order chi connectivity index (χ0) is 74.0. The van der Waals surface area contributed by atoms with Gasteiger partial charge in [0.25, 0.3) is 0 Å². The summed E-state index contributed by atoms with van der Waals surface area (Å²) in [7, 11) is 1.51. The van der Waals surface area contributed by atoms with Crippen molar-refractivity contribution in [2.45, 2.75) is 482 Å². The fraction of sp³-hybridized carbons (Fsp3) is 0.891. The molecule has 0 amide bonds. The molecule has 0 aliphatic rings. The number of ether oxygens (including phenoxy) is 2. The second-order valence-electron chi connectivity index (χ2n) is 32.3. The summed E-state index contributed by atoms with van der Waals surface area (Å²) in [5, 5.41) is 0. The van der Waals surface area contributed by atoms with Gasteiger partial charge >= 0.3 is 19.8 Å². The van der Waals surface area contributed by atoms with Gasteiger partial charge in [0, 0.05) is 12.8 Å². The molecular formula is C92H177NO8P+. The summed E-state index contributed by atoms with van der Waals surface area (Å²) in [6.07, 6.45) is 112. The highest BCUT2D eigenvalue weighted by Crippen LogP contribution is 2.43. The van der Waals surface area contributed by atoms with Crippen LogP contribution in [0.15, 0.2) is 48.6 Å². The number of phosphoric acid groups is 1. The minimum absolute atomic E-state index is 0.0359. The molecule has 0 aliphatic heterocycles. The Balaban J connectivity index is 3.82. The normalized spacial score (nSPS) is 13.1. The molecule has 0 heterocycles. The number of carbonyl (C=O) groups is 2. The van der Waals surface area contributed by atoms with Crippen molar-refractivity contribution < 1.29 is 42.1 Å². The molecule has 0 fully saturated rings. The largest absolute Gasteiger partial charge is 0.472 e. The molecule has 0 aromatic carbocycles. The predicted molar refractivity (Wildman–Crippen MR) is 446 cm³/mol. The third kappa shape index (κ3) is 86.9. The Kier molecular flexibility index (Phi) is 81.4. The molecule has 1 N–H and O–H groups in total. The van der Waals surface area contributed by atoms with Crippen LogP contribution in [0.25, 0.3) is 0 Å². The number of quaternary nitrogens is 1. The van der Waals surface area contributed by atoms with Gasteiger partial charge in [-0.3, -0.25) is 18.6 Å². The molecule has 0 rings (SSSR count). The zero-order valence-corrected chi connectivity index (χ0v) is 70.0. The van der Waals surface area contributed by atoms with Gasteiger partial charge in [-0.1, -0.05) is 461 Å². The van der Waals surface area contributed by atoms with E-state index in [1.807, 2.05) is 21.1 Å². The molecule has 9 nitrogen and oxygen atoms in total. The second kappa shape index (κ2) is 83.0. The summed E-state index contributed by atoms with van der Waals surface area (Å²) < 4.78 is 34.9. The van der Waals surface area contributed by atoms with Crippen molar-refractivity contribution in [3.63, 3.8) is 0 Å². The summed E-state index contributed by atoms with van der Waals surface area (Å²) in [5.41, 5.74) is 0. The zero-order valence-electron chi connectivity index (χ0n) is 69.1.